The van der Waals surface area contributed by atoms with Gasteiger partial charge in [-0.2, -0.15) is 0 Å². The Hall–Kier alpha value is -3.06. The lowest BCUT2D eigenvalue weighted by Crippen LogP contribution is -2.29. The van der Waals surface area contributed by atoms with Crippen molar-refractivity contribution < 1.29 is 9.53 Å². The molecule has 0 fully saturated rings. The van der Waals surface area contributed by atoms with E-state index >= 15 is 0 Å². The highest BCUT2D eigenvalue weighted by atomic mass is 16.5. The van der Waals surface area contributed by atoms with Crippen LogP contribution in [0.4, 0.5) is 0 Å². The summed E-state index contributed by atoms with van der Waals surface area (Å²) in [6.07, 6.45) is 1.64. The molecule has 28 heavy (non-hydrogen) atoms. The molecule has 0 aliphatic rings. The van der Waals surface area contributed by atoms with E-state index in [0.717, 1.165) is 22.5 Å². The Kier molecular flexibility index (Phi) is 6.16. The van der Waals surface area contributed by atoms with Gasteiger partial charge in [0, 0.05) is 36.2 Å². The molecule has 0 aliphatic heterocycles. The molecule has 3 aromatic rings. The van der Waals surface area contributed by atoms with Crippen molar-refractivity contribution in [1.82, 2.24) is 25.1 Å². The third-order valence-corrected chi connectivity index (χ3v) is 4.60. The Balaban J connectivity index is 1.70. The maximum absolute atomic E-state index is 12.6. The molecule has 1 amide bonds. The second-order valence-electron chi connectivity index (χ2n) is 6.73. The van der Waals surface area contributed by atoms with Crippen LogP contribution in [-0.4, -0.2) is 39.4 Å². The van der Waals surface area contributed by atoms with Gasteiger partial charge in [-0.05, 0) is 44.5 Å². The molecule has 0 unspecified atom stereocenters. The number of amides is 1. The summed E-state index contributed by atoms with van der Waals surface area (Å²) < 4.78 is 6.97. The van der Waals surface area contributed by atoms with E-state index in [-0.39, 0.29) is 11.9 Å². The normalized spacial score (nSPS) is 12.0. The van der Waals surface area contributed by atoms with Crippen LogP contribution in [0.2, 0.25) is 0 Å². The number of rotatable bonds is 7. The molecular weight excluding hydrogens is 354 g/mol. The molecule has 2 heterocycles. The first-order valence-electron chi connectivity index (χ1n) is 9.21. The van der Waals surface area contributed by atoms with Crippen molar-refractivity contribution in [3.05, 3.63) is 65.5 Å². The molecule has 0 aliphatic carbocycles. The van der Waals surface area contributed by atoms with Crippen molar-refractivity contribution in [3.8, 4) is 11.1 Å². The number of hydrogen-bond donors (Lipinski definition) is 1. The monoisotopic (exact) mass is 379 g/mol. The Morgan fingerprint density at radius 1 is 1.18 bits per heavy atom. The summed E-state index contributed by atoms with van der Waals surface area (Å²) in [5.41, 5.74) is 4.66. The third-order valence-electron chi connectivity index (χ3n) is 4.60. The number of methoxy groups -OCH3 is 1. The Morgan fingerprint density at radius 3 is 2.61 bits per heavy atom. The zero-order valence-electron chi connectivity index (χ0n) is 16.6. The topological polar surface area (TPSA) is 81.9 Å². The number of aryl methyl sites for hydroxylation is 2. The molecular formula is C21H25N5O2. The van der Waals surface area contributed by atoms with Gasteiger partial charge in [-0.15, -0.1) is 10.2 Å². The average molecular weight is 379 g/mol. The zero-order chi connectivity index (χ0) is 20.1. The molecule has 1 atom stereocenters. The van der Waals surface area contributed by atoms with Gasteiger partial charge in [-0.3, -0.25) is 9.78 Å². The fourth-order valence-electron chi connectivity index (χ4n) is 3.10. The van der Waals surface area contributed by atoms with Crippen LogP contribution in [0.25, 0.3) is 11.1 Å². The molecule has 0 bridgehead atoms. The first kappa shape index (κ1) is 19.7. The molecule has 1 N–H and O–H groups in total. The molecule has 7 heteroatoms. The number of pyridine rings is 1. The highest BCUT2D eigenvalue weighted by Gasteiger charge is 2.17. The fraction of sp³-hybridized carbons (Fsp3) is 0.333. The molecule has 146 valence electrons. The summed E-state index contributed by atoms with van der Waals surface area (Å²) >= 11 is 0. The summed E-state index contributed by atoms with van der Waals surface area (Å²) in [7, 11) is 1.65. The van der Waals surface area contributed by atoms with Gasteiger partial charge in [0.05, 0.1) is 12.6 Å². The van der Waals surface area contributed by atoms with Crippen LogP contribution in [0.1, 0.15) is 40.5 Å². The smallest absolute Gasteiger partial charge is 0.251 e. The minimum Gasteiger partial charge on any atom is -0.383 e. The molecule has 3 rings (SSSR count). The Bertz CT molecular complexity index is 950. The van der Waals surface area contributed by atoms with E-state index in [1.807, 2.05) is 55.7 Å². The number of nitrogens with zero attached hydrogens (tertiary/aromatic N) is 4. The van der Waals surface area contributed by atoms with Crippen molar-refractivity contribution in [2.45, 2.75) is 33.4 Å². The highest BCUT2D eigenvalue weighted by Crippen LogP contribution is 2.23. The van der Waals surface area contributed by atoms with Gasteiger partial charge in [-0.1, -0.05) is 18.2 Å². The number of carbonyl (C=O) groups excluding carboxylic acids is 1. The molecule has 7 nitrogen and oxygen atoms in total. The highest BCUT2D eigenvalue weighted by molar-refractivity contribution is 5.94. The van der Waals surface area contributed by atoms with E-state index in [1.165, 1.54) is 0 Å². The van der Waals surface area contributed by atoms with E-state index in [4.69, 9.17) is 4.74 Å². The Labute approximate surface area is 164 Å². The van der Waals surface area contributed by atoms with Crippen molar-refractivity contribution >= 4 is 5.91 Å². The summed E-state index contributed by atoms with van der Waals surface area (Å²) in [4.78, 5) is 17.1. The van der Waals surface area contributed by atoms with Gasteiger partial charge < -0.3 is 14.6 Å². The minimum absolute atomic E-state index is 0.154. The van der Waals surface area contributed by atoms with Crippen molar-refractivity contribution in [3.63, 3.8) is 0 Å². The zero-order valence-corrected chi connectivity index (χ0v) is 16.6. The molecule has 0 radical (unpaired) electrons. The Morgan fingerprint density at radius 2 is 1.93 bits per heavy atom. The molecule has 1 aromatic carbocycles. The van der Waals surface area contributed by atoms with Crippen LogP contribution in [0, 0.1) is 13.8 Å². The van der Waals surface area contributed by atoms with Crippen LogP contribution >= 0.6 is 0 Å². The lowest BCUT2D eigenvalue weighted by molar-refractivity contribution is 0.0937. The van der Waals surface area contributed by atoms with Crippen LogP contribution < -0.4 is 5.32 Å². The lowest BCUT2D eigenvalue weighted by atomic mass is 10.0. The summed E-state index contributed by atoms with van der Waals surface area (Å²) in [6.45, 7) is 7.05. The van der Waals surface area contributed by atoms with E-state index in [2.05, 4.69) is 26.6 Å². The van der Waals surface area contributed by atoms with Gasteiger partial charge in [0.15, 0.2) is 5.82 Å². The number of hydrogen-bond acceptors (Lipinski definition) is 5. The van der Waals surface area contributed by atoms with Crippen LogP contribution in [0.5, 0.6) is 0 Å². The van der Waals surface area contributed by atoms with Gasteiger partial charge in [0.1, 0.15) is 6.33 Å². The standard InChI is InChI=1S/C21H25N5O2/c1-14-5-10-19(15(2)23-14)17-6-8-18(9-7-17)21(27)24-16(3)20-25-22-13-26(20)11-12-28-4/h5-10,13,16H,11-12H2,1-4H3,(H,24,27)/t16-/m1/s1. The van der Waals surface area contributed by atoms with Crippen molar-refractivity contribution in [2.24, 2.45) is 0 Å². The minimum atomic E-state index is -0.268. The largest absolute Gasteiger partial charge is 0.383 e. The number of nitrogens with one attached hydrogen (secondary N) is 1. The number of carbonyl (C=O) groups is 1. The van der Waals surface area contributed by atoms with E-state index in [1.54, 1.807) is 13.4 Å². The molecule has 0 saturated carbocycles. The van der Waals surface area contributed by atoms with Crippen LogP contribution in [0.15, 0.2) is 42.7 Å². The maximum Gasteiger partial charge on any atom is 0.251 e. The predicted octanol–water partition coefficient (Wildman–Crippen LogP) is 3.09. The summed E-state index contributed by atoms with van der Waals surface area (Å²) in [5.74, 6) is 0.544. The number of benzene rings is 1. The average Bonchev–Trinajstić information content (AvgIpc) is 3.15. The van der Waals surface area contributed by atoms with Crippen LogP contribution in [0.3, 0.4) is 0 Å². The van der Waals surface area contributed by atoms with E-state index in [9.17, 15) is 4.79 Å². The number of ether oxygens (including phenoxy) is 1. The van der Waals surface area contributed by atoms with E-state index in [0.29, 0.717) is 24.5 Å². The van der Waals surface area contributed by atoms with Crippen LogP contribution in [-0.2, 0) is 11.3 Å². The van der Waals surface area contributed by atoms with Crippen molar-refractivity contribution in [2.75, 3.05) is 13.7 Å². The predicted molar refractivity (Wildman–Crippen MR) is 107 cm³/mol. The van der Waals surface area contributed by atoms with E-state index < -0.39 is 0 Å². The van der Waals surface area contributed by atoms with Gasteiger partial charge in [-0.25, -0.2) is 0 Å². The van der Waals surface area contributed by atoms with Gasteiger partial charge >= 0.3 is 0 Å². The van der Waals surface area contributed by atoms with Gasteiger partial charge in [0.25, 0.3) is 5.91 Å². The first-order chi connectivity index (χ1) is 13.5. The first-order valence-corrected chi connectivity index (χ1v) is 9.21. The third kappa shape index (κ3) is 4.43. The second kappa shape index (κ2) is 8.75. The SMILES string of the molecule is COCCn1cnnc1[C@@H](C)NC(=O)c1ccc(-c2ccc(C)nc2C)cc1. The molecule has 2 aromatic heterocycles. The fourth-order valence-corrected chi connectivity index (χ4v) is 3.10. The van der Waals surface area contributed by atoms with Gasteiger partial charge in [0.2, 0.25) is 0 Å². The van der Waals surface area contributed by atoms with Crippen molar-refractivity contribution in [1.29, 1.82) is 0 Å². The number of aromatic nitrogens is 4. The quantitative estimate of drug-likeness (QED) is 0.682. The second-order valence-corrected chi connectivity index (χ2v) is 6.73. The molecule has 0 spiro atoms. The molecule has 0 saturated heterocycles. The summed E-state index contributed by atoms with van der Waals surface area (Å²) in [5, 5.41) is 11.0. The maximum atomic E-state index is 12.6. The summed E-state index contributed by atoms with van der Waals surface area (Å²) in [6, 6.07) is 11.3. The lowest BCUT2D eigenvalue weighted by Gasteiger charge is -2.15.